The predicted octanol–water partition coefficient (Wildman–Crippen LogP) is 4.18. The van der Waals surface area contributed by atoms with Gasteiger partial charge in [0.25, 0.3) is 0 Å². The number of unbranched alkanes of at least 4 members (excludes halogenated alkanes) is 2. The average molecular weight is 465 g/mol. The molecule has 6 heteroatoms. The maximum absolute atomic E-state index is 11.1. The highest BCUT2D eigenvalue weighted by Crippen LogP contribution is 2.43. The van der Waals surface area contributed by atoms with Gasteiger partial charge in [0.05, 0.1) is 12.2 Å². The minimum atomic E-state index is -0.294. The Morgan fingerprint density at radius 2 is 1.50 bits per heavy atom. The number of carbonyl (C=O) groups excluding carboxylic acids is 1. The fourth-order valence-corrected chi connectivity index (χ4v) is 5.63. The number of benzene rings is 2. The van der Waals surface area contributed by atoms with Crippen molar-refractivity contribution in [2.45, 2.75) is 57.7 Å². The predicted molar refractivity (Wildman–Crippen MR) is 135 cm³/mol. The fraction of sp³-hybridized carbons (Fsp3) is 0.536. The van der Waals surface area contributed by atoms with Crippen LogP contribution in [0.2, 0.25) is 0 Å². The van der Waals surface area contributed by atoms with Crippen molar-refractivity contribution in [3.05, 3.63) is 71.8 Å². The number of likely N-dealkylation sites (tertiary alicyclic amines) is 2. The van der Waals surface area contributed by atoms with Crippen LogP contribution in [0.5, 0.6) is 0 Å². The summed E-state index contributed by atoms with van der Waals surface area (Å²) in [6.45, 7) is 7.90. The van der Waals surface area contributed by atoms with Crippen LogP contribution in [-0.4, -0.2) is 59.8 Å². The van der Waals surface area contributed by atoms with Crippen molar-refractivity contribution < 1.29 is 10.0 Å². The Labute approximate surface area is 204 Å². The van der Waals surface area contributed by atoms with Crippen molar-refractivity contribution in [2.75, 3.05) is 32.7 Å². The smallest absolute Gasteiger partial charge is 0.243 e. The molecule has 0 saturated carbocycles. The zero-order valence-electron chi connectivity index (χ0n) is 20.5. The number of hydrogen-bond donors (Lipinski definition) is 3. The van der Waals surface area contributed by atoms with Gasteiger partial charge in [-0.2, -0.15) is 0 Å². The molecule has 0 bridgehead atoms. The number of hydroxylamine groups is 1. The summed E-state index contributed by atoms with van der Waals surface area (Å²) < 4.78 is 0. The molecule has 2 fully saturated rings. The molecule has 0 radical (unpaired) electrons. The summed E-state index contributed by atoms with van der Waals surface area (Å²) >= 11 is 0. The van der Waals surface area contributed by atoms with Crippen LogP contribution in [0.3, 0.4) is 0 Å². The zero-order valence-corrected chi connectivity index (χ0v) is 20.5. The molecular formula is C28H40N4O2. The molecule has 1 unspecified atom stereocenters. The van der Waals surface area contributed by atoms with E-state index in [0.717, 1.165) is 38.9 Å². The van der Waals surface area contributed by atoms with E-state index in [1.54, 1.807) is 5.48 Å². The normalized spacial score (nSPS) is 19.1. The first-order chi connectivity index (χ1) is 16.6. The molecule has 6 nitrogen and oxygen atoms in total. The van der Waals surface area contributed by atoms with E-state index in [1.807, 2.05) is 0 Å². The quantitative estimate of drug-likeness (QED) is 0.265. The first-order valence-corrected chi connectivity index (χ1v) is 12.8. The second-order valence-electron chi connectivity index (χ2n) is 10.1. The van der Waals surface area contributed by atoms with E-state index in [0.29, 0.717) is 24.0 Å². The highest BCUT2D eigenvalue weighted by molar-refractivity contribution is 5.74. The monoisotopic (exact) mass is 464 g/mol. The number of hydrogen-bond acceptors (Lipinski definition) is 5. The van der Waals surface area contributed by atoms with Gasteiger partial charge < -0.3 is 5.32 Å². The number of carbonyl (C=O) groups is 1. The summed E-state index contributed by atoms with van der Waals surface area (Å²) in [5.41, 5.74) is 4.94. The van der Waals surface area contributed by atoms with Crippen molar-refractivity contribution in [3.63, 3.8) is 0 Å². The Balaban J connectivity index is 1.22. The second-order valence-corrected chi connectivity index (χ2v) is 10.1. The number of nitrogens with zero attached hydrogens (tertiary/aromatic N) is 2. The van der Waals surface area contributed by atoms with Crippen LogP contribution in [0.25, 0.3) is 0 Å². The van der Waals surface area contributed by atoms with Gasteiger partial charge in [-0.25, -0.2) is 5.48 Å². The Morgan fingerprint density at radius 1 is 0.912 bits per heavy atom. The van der Waals surface area contributed by atoms with Crippen LogP contribution >= 0.6 is 0 Å². The van der Waals surface area contributed by atoms with Crippen LogP contribution < -0.4 is 10.8 Å². The maximum Gasteiger partial charge on any atom is 0.243 e. The Morgan fingerprint density at radius 3 is 2.06 bits per heavy atom. The molecule has 2 heterocycles. The van der Waals surface area contributed by atoms with Crippen LogP contribution in [0, 0.1) is 5.41 Å². The highest BCUT2D eigenvalue weighted by Gasteiger charge is 2.46. The van der Waals surface area contributed by atoms with Crippen molar-refractivity contribution in [2.24, 2.45) is 5.41 Å². The first-order valence-electron chi connectivity index (χ1n) is 12.8. The molecule has 1 spiro atoms. The molecule has 184 valence electrons. The van der Waals surface area contributed by atoms with Crippen molar-refractivity contribution in [1.29, 1.82) is 0 Å². The van der Waals surface area contributed by atoms with Gasteiger partial charge in [-0.3, -0.25) is 19.8 Å². The van der Waals surface area contributed by atoms with Crippen molar-refractivity contribution >= 4 is 5.91 Å². The third-order valence-electron chi connectivity index (χ3n) is 7.72. The van der Waals surface area contributed by atoms with E-state index in [1.165, 1.54) is 37.1 Å². The Kier molecular flexibility index (Phi) is 8.73. The molecule has 2 aliphatic heterocycles. The summed E-state index contributed by atoms with van der Waals surface area (Å²) in [6, 6.07) is 22.2. The number of nitrogens with one attached hydrogen (secondary N) is 2. The molecule has 2 aliphatic rings. The zero-order chi connectivity index (χ0) is 23.8. The van der Waals surface area contributed by atoms with Crippen LogP contribution in [0.15, 0.2) is 60.7 Å². The average Bonchev–Trinajstić information content (AvgIpc) is 2.86. The molecule has 34 heavy (non-hydrogen) atoms. The lowest BCUT2D eigenvalue weighted by molar-refractivity contribution is -0.129. The highest BCUT2D eigenvalue weighted by atomic mass is 16.5. The molecule has 4 rings (SSSR count). The minimum absolute atomic E-state index is 0.294. The summed E-state index contributed by atoms with van der Waals surface area (Å²) in [5.74, 6) is -0.294. The van der Waals surface area contributed by atoms with E-state index in [2.05, 4.69) is 82.7 Å². The maximum atomic E-state index is 11.1. The molecule has 2 aromatic rings. The lowest BCUT2D eigenvalue weighted by Gasteiger charge is -2.56. The van der Waals surface area contributed by atoms with Gasteiger partial charge in [0.1, 0.15) is 0 Å². The van der Waals surface area contributed by atoms with Gasteiger partial charge in [-0.15, -0.1) is 0 Å². The molecule has 0 aliphatic carbocycles. The van der Waals surface area contributed by atoms with Gasteiger partial charge >= 0.3 is 0 Å². The molecule has 2 saturated heterocycles. The van der Waals surface area contributed by atoms with E-state index < -0.39 is 0 Å². The Hall–Kier alpha value is -2.25. The van der Waals surface area contributed by atoms with Gasteiger partial charge in [0, 0.05) is 19.5 Å². The van der Waals surface area contributed by atoms with E-state index >= 15 is 0 Å². The lowest BCUT2D eigenvalue weighted by Crippen LogP contribution is -2.65. The standard InChI is InChI=1S/C28H40N4O2/c1-23(29-18-10-4-9-15-26(33)30-34)32-21-28(22-32)16-19-31(20-17-28)27(24-11-5-2-6-12-24)25-13-7-3-8-14-25/h2-3,5-8,11-14,23,27,29,34H,4,9-10,15-22H2,1H3,(H,30,33). The van der Waals surface area contributed by atoms with Crippen molar-refractivity contribution in [3.8, 4) is 0 Å². The SMILES string of the molecule is CC(NCCCCCC(=O)NO)N1CC2(CCN(C(c3ccccc3)c3ccccc3)CC2)C1. The van der Waals surface area contributed by atoms with Gasteiger partial charge in [0.15, 0.2) is 0 Å². The number of amides is 1. The first kappa shape index (κ1) is 24.9. The third-order valence-corrected chi connectivity index (χ3v) is 7.72. The molecular weight excluding hydrogens is 424 g/mol. The summed E-state index contributed by atoms with van der Waals surface area (Å²) in [6.07, 6.45) is 6.18. The summed E-state index contributed by atoms with van der Waals surface area (Å²) in [5, 5.41) is 12.2. The summed E-state index contributed by atoms with van der Waals surface area (Å²) in [7, 11) is 0. The van der Waals surface area contributed by atoms with Crippen LogP contribution in [-0.2, 0) is 4.79 Å². The number of piperidine rings is 1. The molecule has 1 amide bonds. The number of rotatable bonds is 11. The van der Waals surface area contributed by atoms with E-state index in [-0.39, 0.29) is 5.91 Å². The Bertz CT molecular complexity index is 836. The molecule has 1 atom stereocenters. The van der Waals surface area contributed by atoms with E-state index in [4.69, 9.17) is 5.21 Å². The van der Waals surface area contributed by atoms with Gasteiger partial charge in [0.2, 0.25) is 5.91 Å². The van der Waals surface area contributed by atoms with Crippen LogP contribution in [0.4, 0.5) is 0 Å². The summed E-state index contributed by atoms with van der Waals surface area (Å²) in [4.78, 5) is 16.3. The molecule has 2 aromatic carbocycles. The van der Waals surface area contributed by atoms with Crippen molar-refractivity contribution in [1.82, 2.24) is 20.6 Å². The fourth-order valence-electron chi connectivity index (χ4n) is 5.63. The van der Waals surface area contributed by atoms with Crippen LogP contribution in [0.1, 0.15) is 62.6 Å². The van der Waals surface area contributed by atoms with Gasteiger partial charge in [-0.05, 0) is 68.8 Å². The second kappa shape index (κ2) is 11.9. The topological polar surface area (TPSA) is 67.8 Å². The third kappa shape index (κ3) is 6.25. The van der Waals surface area contributed by atoms with E-state index in [9.17, 15) is 4.79 Å². The largest absolute Gasteiger partial charge is 0.302 e. The molecule has 0 aromatic heterocycles. The van der Waals surface area contributed by atoms with Gasteiger partial charge in [-0.1, -0.05) is 67.1 Å². The minimum Gasteiger partial charge on any atom is -0.302 e. The molecule has 3 N–H and O–H groups in total. The lowest BCUT2D eigenvalue weighted by atomic mass is 9.71.